The van der Waals surface area contributed by atoms with E-state index >= 15 is 0 Å². The van der Waals surface area contributed by atoms with Gasteiger partial charge in [-0.15, -0.1) is 10.2 Å². The maximum absolute atomic E-state index is 12.6. The van der Waals surface area contributed by atoms with Crippen LogP contribution >= 0.6 is 0 Å². The van der Waals surface area contributed by atoms with E-state index in [2.05, 4.69) is 59.8 Å². The minimum Gasteiger partial charge on any atom is -0.346 e. The van der Waals surface area contributed by atoms with Crippen molar-refractivity contribution >= 4 is 5.91 Å². The van der Waals surface area contributed by atoms with Crippen molar-refractivity contribution in [1.82, 2.24) is 29.9 Å². The topological polar surface area (TPSA) is 77.6 Å². The van der Waals surface area contributed by atoms with Crippen LogP contribution in [-0.4, -0.2) is 36.5 Å². The van der Waals surface area contributed by atoms with Crippen LogP contribution in [0.25, 0.3) is 0 Å². The highest BCUT2D eigenvalue weighted by Gasteiger charge is 2.26. The first kappa shape index (κ1) is 17.6. The van der Waals surface area contributed by atoms with Crippen LogP contribution < -0.4 is 5.32 Å². The van der Waals surface area contributed by atoms with Crippen molar-refractivity contribution in [2.75, 3.05) is 0 Å². The second kappa shape index (κ2) is 6.28. The molecule has 3 rings (SSSR count). The molecule has 0 radical (unpaired) electrons. The maximum Gasteiger partial charge on any atom is 0.272 e. The zero-order valence-electron chi connectivity index (χ0n) is 16.0. The number of carbonyl (C=O) groups is 1. The molecule has 7 nitrogen and oxygen atoms in total. The normalized spacial score (nSPS) is 17.6. The number of hydrogen-bond donors (Lipinski definition) is 1. The highest BCUT2D eigenvalue weighted by Crippen LogP contribution is 2.21. The summed E-state index contributed by atoms with van der Waals surface area (Å²) in [4.78, 5) is 12.6. The summed E-state index contributed by atoms with van der Waals surface area (Å²) >= 11 is 0. The molecular formula is C18H28N6O. The van der Waals surface area contributed by atoms with Gasteiger partial charge in [0.2, 0.25) is 0 Å². The van der Waals surface area contributed by atoms with E-state index in [1.54, 1.807) is 0 Å². The summed E-state index contributed by atoms with van der Waals surface area (Å²) in [5.74, 6) is 2.21. The number of nitrogens with one attached hydrogen (secondary N) is 1. The summed E-state index contributed by atoms with van der Waals surface area (Å²) in [6, 6.07) is 1.93. The summed E-state index contributed by atoms with van der Waals surface area (Å²) in [7, 11) is 0. The molecule has 0 saturated heterocycles. The van der Waals surface area contributed by atoms with Gasteiger partial charge in [-0.25, -0.2) is 0 Å². The zero-order valence-corrected chi connectivity index (χ0v) is 16.0. The third-order valence-electron chi connectivity index (χ3n) is 4.58. The average Bonchev–Trinajstić information content (AvgIpc) is 3.09. The van der Waals surface area contributed by atoms with Gasteiger partial charge < -0.3 is 9.88 Å². The fraction of sp³-hybridized carbons (Fsp3) is 0.667. The van der Waals surface area contributed by atoms with E-state index in [1.807, 2.05) is 17.7 Å². The molecule has 0 fully saturated rings. The van der Waals surface area contributed by atoms with Gasteiger partial charge in [0.25, 0.3) is 5.91 Å². The summed E-state index contributed by atoms with van der Waals surface area (Å²) in [5, 5.41) is 16.2. The minimum absolute atomic E-state index is 0.0774. The van der Waals surface area contributed by atoms with Crippen LogP contribution in [0.2, 0.25) is 0 Å². The molecule has 0 spiro atoms. The molecule has 0 aromatic carbocycles. The lowest BCUT2D eigenvalue weighted by Gasteiger charge is -2.25. The van der Waals surface area contributed by atoms with Crippen molar-refractivity contribution < 1.29 is 4.79 Å². The molecule has 1 atom stereocenters. The highest BCUT2D eigenvalue weighted by molar-refractivity contribution is 5.92. The van der Waals surface area contributed by atoms with E-state index in [0.29, 0.717) is 11.6 Å². The first-order valence-corrected chi connectivity index (χ1v) is 8.97. The standard InChI is InChI=1S/C18H28N6O/c1-11(2)16-21-20-15-8-7-13(10-23(15)16)19-17(25)14-9-12(3)24(22-14)18(4,5)6/h9,11,13H,7-8,10H2,1-6H3,(H,19,25). The summed E-state index contributed by atoms with van der Waals surface area (Å²) in [6.45, 7) is 13.2. The Hall–Kier alpha value is -2.18. The molecule has 3 heterocycles. The largest absolute Gasteiger partial charge is 0.346 e. The van der Waals surface area contributed by atoms with E-state index in [4.69, 9.17) is 0 Å². The molecule has 7 heteroatoms. The van der Waals surface area contributed by atoms with Crippen molar-refractivity contribution in [3.05, 3.63) is 29.1 Å². The number of aryl methyl sites for hydroxylation is 2. The highest BCUT2D eigenvalue weighted by atomic mass is 16.2. The Morgan fingerprint density at radius 2 is 2.04 bits per heavy atom. The number of nitrogens with zero attached hydrogens (tertiary/aromatic N) is 5. The van der Waals surface area contributed by atoms with Gasteiger partial charge in [-0.3, -0.25) is 9.48 Å². The van der Waals surface area contributed by atoms with Crippen LogP contribution in [-0.2, 0) is 18.5 Å². The average molecular weight is 344 g/mol. The number of carbonyl (C=O) groups excluding carboxylic acids is 1. The Balaban J connectivity index is 1.73. The summed E-state index contributed by atoms with van der Waals surface area (Å²) in [5.41, 5.74) is 1.33. The van der Waals surface area contributed by atoms with E-state index in [-0.39, 0.29) is 17.5 Å². The quantitative estimate of drug-likeness (QED) is 0.927. The number of hydrogen-bond acceptors (Lipinski definition) is 4. The number of rotatable bonds is 3. The Kier molecular flexibility index (Phi) is 4.43. The molecule has 2 aromatic heterocycles. The summed E-state index contributed by atoms with van der Waals surface area (Å²) < 4.78 is 4.05. The fourth-order valence-electron chi connectivity index (χ4n) is 3.42. The number of amides is 1. The smallest absolute Gasteiger partial charge is 0.272 e. The van der Waals surface area contributed by atoms with Crippen molar-refractivity contribution in [3.8, 4) is 0 Å². The molecule has 1 aliphatic rings. The van der Waals surface area contributed by atoms with Crippen LogP contribution in [0.4, 0.5) is 0 Å². The molecule has 25 heavy (non-hydrogen) atoms. The molecule has 136 valence electrons. The lowest BCUT2D eigenvalue weighted by Crippen LogP contribution is -2.41. The van der Waals surface area contributed by atoms with Crippen molar-refractivity contribution in [3.63, 3.8) is 0 Å². The minimum atomic E-state index is -0.142. The van der Waals surface area contributed by atoms with Crippen LogP contribution in [0.1, 0.15) is 74.8 Å². The lowest BCUT2D eigenvalue weighted by atomic mass is 10.1. The van der Waals surface area contributed by atoms with E-state index in [9.17, 15) is 4.79 Å². The fourth-order valence-corrected chi connectivity index (χ4v) is 3.42. The number of aromatic nitrogens is 5. The van der Waals surface area contributed by atoms with Crippen LogP contribution in [0.5, 0.6) is 0 Å². The van der Waals surface area contributed by atoms with Crippen LogP contribution in [0, 0.1) is 6.92 Å². The molecule has 1 amide bonds. The zero-order chi connectivity index (χ0) is 18.4. The Labute approximate surface area is 148 Å². The Morgan fingerprint density at radius 3 is 2.64 bits per heavy atom. The molecule has 2 aromatic rings. The summed E-state index contributed by atoms with van der Waals surface area (Å²) in [6.07, 6.45) is 1.71. The van der Waals surface area contributed by atoms with E-state index < -0.39 is 0 Å². The second-order valence-electron chi connectivity index (χ2n) is 8.20. The molecule has 0 aliphatic carbocycles. The first-order chi connectivity index (χ1) is 11.7. The maximum atomic E-state index is 12.6. The van der Waals surface area contributed by atoms with Gasteiger partial charge in [0.05, 0.1) is 5.54 Å². The molecule has 1 N–H and O–H groups in total. The third kappa shape index (κ3) is 3.45. The van der Waals surface area contributed by atoms with E-state index in [0.717, 1.165) is 36.7 Å². The van der Waals surface area contributed by atoms with Gasteiger partial charge in [-0.2, -0.15) is 5.10 Å². The van der Waals surface area contributed by atoms with Gasteiger partial charge in [-0.05, 0) is 40.2 Å². The SMILES string of the molecule is Cc1cc(C(=O)NC2CCc3nnc(C(C)C)n3C2)nn1C(C)(C)C. The van der Waals surface area contributed by atoms with Crippen LogP contribution in [0.3, 0.4) is 0 Å². The molecule has 1 aliphatic heterocycles. The van der Waals surface area contributed by atoms with Gasteiger partial charge in [0, 0.05) is 30.6 Å². The Morgan fingerprint density at radius 1 is 1.32 bits per heavy atom. The van der Waals surface area contributed by atoms with Gasteiger partial charge in [0.15, 0.2) is 0 Å². The van der Waals surface area contributed by atoms with Crippen molar-refractivity contribution in [2.24, 2.45) is 0 Å². The predicted molar refractivity (Wildman–Crippen MR) is 95.6 cm³/mol. The second-order valence-corrected chi connectivity index (χ2v) is 8.20. The Bertz CT molecular complexity index is 780. The molecule has 0 saturated carbocycles. The van der Waals surface area contributed by atoms with Crippen molar-refractivity contribution in [2.45, 2.75) is 78.4 Å². The van der Waals surface area contributed by atoms with Gasteiger partial charge in [0.1, 0.15) is 17.3 Å². The van der Waals surface area contributed by atoms with Gasteiger partial charge in [-0.1, -0.05) is 13.8 Å². The monoisotopic (exact) mass is 344 g/mol. The van der Waals surface area contributed by atoms with Gasteiger partial charge >= 0.3 is 0 Å². The lowest BCUT2D eigenvalue weighted by molar-refractivity contribution is 0.0920. The van der Waals surface area contributed by atoms with Crippen LogP contribution in [0.15, 0.2) is 6.07 Å². The predicted octanol–water partition coefficient (Wildman–Crippen LogP) is 2.41. The number of fused-ring (bicyclic) bond motifs is 1. The molecule has 0 bridgehead atoms. The third-order valence-corrected chi connectivity index (χ3v) is 4.58. The van der Waals surface area contributed by atoms with Crippen molar-refractivity contribution in [1.29, 1.82) is 0 Å². The van der Waals surface area contributed by atoms with E-state index in [1.165, 1.54) is 0 Å². The molecule has 1 unspecified atom stereocenters. The molecular weight excluding hydrogens is 316 g/mol. The first-order valence-electron chi connectivity index (χ1n) is 8.97.